The average molecular weight is 289 g/mol. The smallest absolute Gasteiger partial charge is 0.345 e. The Labute approximate surface area is 121 Å². The number of para-hydroxylation sites is 2. The van der Waals surface area contributed by atoms with Crippen molar-refractivity contribution in [2.45, 2.75) is 0 Å². The summed E-state index contributed by atoms with van der Waals surface area (Å²) in [6, 6.07) is 15.6. The number of benzene rings is 2. The number of carbonyl (C=O) groups excluding carboxylic acids is 1. The number of rotatable bonds is 4. The van der Waals surface area contributed by atoms with Crippen molar-refractivity contribution in [3.63, 3.8) is 0 Å². The molecule has 0 saturated carbocycles. The number of nitrogens with zero attached hydrogens (tertiary/aromatic N) is 1. The fraction of sp³-hybridized carbons (Fsp3) is 0.0667. The van der Waals surface area contributed by atoms with Crippen LogP contribution in [0.4, 0.5) is 5.69 Å². The van der Waals surface area contributed by atoms with E-state index in [9.17, 15) is 4.79 Å². The number of alkyl halides is 1. The van der Waals surface area contributed by atoms with Crippen molar-refractivity contribution >= 4 is 29.1 Å². The first-order valence-electron chi connectivity index (χ1n) is 5.96. The van der Waals surface area contributed by atoms with Crippen molar-refractivity contribution < 1.29 is 9.53 Å². The lowest BCUT2D eigenvalue weighted by molar-refractivity contribution is 0.0735. The predicted octanol–water partition coefficient (Wildman–Crippen LogP) is 3.13. The predicted molar refractivity (Wildman–Crippen MR) is 79.8 cm³/mol. The minimum Gasteiger partial charge on any atom is -0.423 e. The highest BCUT2D eigenvalue weighted by molar-refractivity contribution is 6.28. The quantitative estimate of drug-likeness (QED) is 0.309. The summed E-state index contributed by atoms with van der Waals surface area (Å²) in [7, 11) is 0. The summed E-state index contributed by atoms with van der Waals surface area (Å²) >= 11 is 5.59. The minimum absolute atomic E-state index is 0.0993. The van der Waals surface area contributed by atoms with Crippen molar-refractivity contribution in [3.8, 4) is 5.75 Å². The molecule has 2 aromatic carbocycles. The van der Waals surface area contributed by atoms with E-state index in [1.54, 1.807) is 48.5 Å². The van der Waals surface area contributed by atoms with Crippen LogP contribution in [0, 0.1) is 0 Å². The molecule has 0 bridgehead atoms. The molecular formula is C15H13ClN2O2. The highest BCUT2D eigenvalue weighted by atomic mass is 35.5. The molecule has 0 aliphatic carbocycles. The Balaban J connectivity index is 2.26. The lowest BCUT2D eigenvalue weighted by Crippen LogP contribution is -2.13. The van der Waals surface area contributed by atoms with Crippen LogP contribution in [0.15, 0.2) is 59.6 Å². The molecule has 0 radical (unpaired) electrons. The van der Waals surface area contributed by atoms with Crippen LogP contribution in [0.3, 0.4) is 0 Å². The zero-order valence-corrected chi connectivity index (χ0v) is 11.4. The Morgan fingerprint density at radius 3 is 2.45 bits per heavy atom. The molecular weight excluding hydrogens is 276 g/mol. The van der Waals surface area contributed by atoms with Crippen LogP contribution in [0.1, 0.15) is 10.4 Å². The van der Waals surface area contributed by atoms with E-state index in [0.29, 0.717) is 17.0 Å². The van der Waals surface area contributed by atoms with Crippen LogP contribution in [0.5, 0.6) is 5.75 Å². The van der Waals surface area contributed by atoms with Gasteiger partial charge in [0.05, 0.1) is 17.1 Å². The number of amidine groups is 1. The number of hydrogen-bond donors (Lipinski definition) is 1. The zero-order valence-electron chi connectivity index (χ0n) is 10.6. The van der Waals surface area contributed by atoms with Crippen LogP contribution >= 0.6 is 11.6 Å². The first kappa shape index (κ1) is 14.1. The van der Waals surface area contributed by atoms with Crippen LogP contribution in [0.2, 0.25) is 0 Å². The second-order valence-corrected chi connectivity index (χ2v) is 4.22. The molecule has 0 aliphatic heterocycles. The molecule has 0 aliphatic rings. The molecule has 2 rings (SSSR count). The Morgan fingerprint density at radius 2 is 1.75 bits per heavy atom. The second kappa shape index (κ2) is 6.73. The normalized spacial score (nSPS) is 11.2. The Hall–Kier alpha value is -2.33. The third-order valence-corrected chi connectivity index (χ3v) is 2.75. The maximum absolute atomic E-state index is 12.1. The second-order valence-electron chi connectivity index (χ2n) is 3.96. The van der Waals surface area contributed by atoms with Crippen LogP contribution in [-0.2, 0) is 0 Å². The molecule has 2 N–H and O–H groups in total. The molecule has 0 aromatic heterocycles. The van der Waals surface area contributed by atoms with E-state index in [0.717, 1.165) is 0 Å². The van der Waals surface area contributed by atoms with Gasteiger partial charge < -0.3 is 10.5 Å². The fourth-order valence-electron chi connectivity index (χ4n) is 1.58. The highest BCUT2D eigenvalue weighted by Gasteiger charge is 2.13. The molecule has 0 fully saturated rings. The fourth-order valence-corrected chi connectivity index (χ4v) is 1.64. The van der Waals surface area contributed by atoms with E-state index in [2.05, 4.69) is 4.99 Å². The van der Waals surface area contributed by atoms with Crippen LogP contribution in [-0.4, -0.2) is 17.7 Å². The van der Waals surface area contributed by atoms with E-state index >= 15 is 0 Å². The van der Waals surface area contributed by atoms with Crippen LogP contribution < -0.4 is 10.5 Å². The molecule has 0 saturated heterocycles. The molecule has 0 atom stereocenters. The average Bonchev–Trinajstić information content (AvgIpc) is 2.48. The summed E-state index contributed by atoms with van der Waals surface area (Å²) < 4.78 is 5.27. The Bertz CT molecular complexity index is 627. The third-order valence-electron chi connectivity index (χ3n) is 2.48. The highest BCUT2D eigenvalue weighted by Crippen LogP contribution is 2.21. The summed E-state index contributed by atoms with van der Waals surface area (Å²) in [4.78, 5) is 16.2. The monoisotopic (exact) mass is 288 g/mol. The molecule has 5 heteroatoms. The topological polar surface area (TPSA) is 64.7 Å². The number of halogens is 1. The van der Waals surface area contributed by atoms with Gasteiger partial charge in [-0.1, -0.05) is 30.3 Å². The zero-order chi connectivity index (χ0) is 14.4. The van der Waals surface area contributed by atoms with E-state index in [-0.39, 0.29) is 11.7 Å². The van der Waals surface area contributed by atoms with Gasteiger partial charge in [-0.2, -0.15) is 0 Å². The summed E-state index contributed by atoms with van der Waals surface area (Å²) in [5, 5.41) is 0. The van der Waals surface area contributed by atoms with Gasteiger partial charge in [0.15, 0.2) is 0 Å². The Kier molecular flexibility index (Phi) is 4.74. The molecule has 20 heavy (non-hydrogen) atoms. The summed E-state index contributed by atoms with van der Waals surface area (Å²) in [5.41, 5.74) is 6.37. The number of aliphatic imine (C=N–C) groups is 1. The first-order valence-corrected chi connectivity index (χ1v) is 6.49. The van der Waals surface area contributed by atoms with Gasteiger partial charge in [-0.25, -0.2) is 9.79 Å². The maximum Gasteiger partial charge on any atom is 0.345 e. The van der Waals surface area contributed by atoms with Gasteiger partial charge in [0, 0.05) is 0 Å². The van der Waals surface area contributed by atoms with E-state index in [4.69, 9.17) is 22.1 Å². The largest absolute Gasteiger partial charge is 0.423 e. The van der Waals surface area contributed by atoms with Crippen molar-refractivity contribution in [3.05, 3.63) is 60.2 Å². The SMILES string of the molecule is NC(CCl)=Nc1ccccc1C(=O)Oc1ccccc1. The van der Waals surface area contributed by atoms with Gasteiger partial charge in [0.1, 0.15) is 11.6 Å². The number of esters is 1. The lowest BCUT2D eigenvalue weighted by atomic mass is 10.2. The van der Waals surface area contributed by atoms with Gasteiger partial charge in [-0.15, -0.1) is 11.6 Å². The summed E-state index contributed by atoms with van der Waals surface area (Å²) in [6.07, 6.45) is 0. The number of nitrogens with two attached hydrogens (primary N) is 1. The third kappa shape index (κ3) is 3.59. The van der Waals surface area contributed by atoms with Crippen molar-refractivity contribution in [2.24, 2.45) is 10.7 Å². The lowest BCUT2D eigenvalue weighted by Gasteiger charge is -2.06. The van der Waals surface area contributed by atoms with Crippen molar-refractivity contribution in [2.75, 3.05) is 5.88 Å². The molecule has 4 nitrogen and oxygen atoms in total. The molecule has 102 valence electrons. The first-order chi connectivity index (χ1) is 9.70. The molecule has 0 heterocycles. The minimum atomic E-state index is -0.488. The van der Waals surface area contributed by atoms with Gasteiger partial charge in [-0.05, 0) is 24.3 Å². The Morgan fingerprint density at radius 1 is 1.10 bits per heavy atom. The van der Waals surface area contributed by atoms with Gasteiger partial charge in [0.25, 0.3) is 0 Å². The van der Waals surface area contributed by atoms with Crippen molar-refractivity contribution in [1.29, 1.82) is 0 Å². The maximum atomic E-state index is 12.1. The molecule has 0 unspecified atom stereocenters. The number of ether oxygens (including phenoxy) is 1. The van der Waals surface area contributed by atoms with Crippen molar-refractivity contribution in [1.82, 2.24) is 0 Å². The van der Waals surface area contributed by atoms with Gasteiger partial charge in [0.2, 0.25) is 0 Å². The van der Waals surface area contributed by atoms with E-state index < -0.39 is 5.97 Å². The molecule has 0 amide bonds. The summed E-state index contributed by atoms with van der Waals surface area (Å²) in [5.74, 6) is 0.327. The standard InChI is InChI=1S/C15H13ClN2O2/c16-10-14(17)18-13-9-5-4-8-12(13)15(19)20-11-6-2-1-3-7-11/h1-9H,10H2,(H2,17,18). The van der Waals surface area contributed by atoms with Crippen LogP contribution in [0.25, 0.3) is 0 Å². The van der Waals surface area contributed by atoms with E-state index in [1.807, 2.05) is 6.07 Å². The molecule has 2 aromatic rings. The van der Waals surface area contributed by atoms with Gasteiger partial charge in [-0.3, -0.25) is 0 Å². The summed E-state index contributed by atoms with van der Waals surface area (Å²) in [6.45, 7) is 0. The van der Waals surface area contributed by atoms with E-state index in [1.165, 1.54) is 0 Å². The number of hydrogen-bond acceptors (Lipinski definition) is 3. The molecule has 0 spiro atoms. The van der Waals surface area contributed by atoms with Gasteiger partial charge >= 0.3 is 5.97 Å². The number of carbonyl (C=O) groups is 1.